The first-order valence-corrected chi connectivity index (χ1v) is 17.7. The van der Waals surface area contributed by atoms with Gasteiger partial charge in [0.15, 0.2) is 17.5 Å². The van der Waals surface area contributed by atoms with Gasteiger partial charge in [-0.3, -0.25) is 0 Å². The molecule has 1 spiro atoms. The highest BCUT2D eigenvalue weighted by Gasteiger charge is 2.44. The van der Waals surface area contributed by atoms with Crippen molar-refractivity contribution in [3.05, 3.63) is 150 Å². The minimum absolute atomic E-state index is 0.0329. The summed E-state index contributed by atoms with van der Waals surface area (Å²) < 4.78 is 6.62. The molecule has 0 saturated heterocycles. The van der Waals surface area contributed by atoms with E-state index in [1.165, 1.54) is 41.5 Å². The average molecular weight is 657 g/mol. The van der Waals surface area contributed by atoms with Gasteiger partial charge in [-0.05, 0) is 71.0 Å². The van der Waals surface area contributed by atoms with Crippen LogP contribution in [0.3, 0.4) is 0 Å². The molecule has 0 unspecified atom stereocenters. The molecule has 51 heavy (non-hydrogen) atoms. The Kier molecular flexibility index (Phi) is 6.72. The third-order valence-corrected chi connectivity index (χ3v) is 11.0. The minimum Gasteiger partial charge on any atom is -0.455 e. The van der Waals surface area contributed by atoms with Crippen molar-refractivity contribution in [2.75, 3.05) is 0 Å². The molecule has 10 rings (SSSR count). The monoisotopic (exact) mass is 656 g/mol. The van der Waals surface area contributed by atoms with Crippen LogP contribution in [-0.2, 0) is 5.41 Å². The summed E-state index contributed by atoms with van der Waals surface area (Å²) in [4.78, 5) is 14.9. The molecule has 0 atom stereocenters. The first kappa shape index (κ1) is 29.5. The van der Waals surface area contributed by atoms with Gasteiger partial charge in [-0.2, -0.15) is 5.26 Å². The van der Waals surface area contributed by atoms with Gasteiger partial charge >= 0.3 is 0 Å². The number of hydrogen-bond donors (Lipinski definition) is 0. The molecule has 5 nitrogen and oxygen atoms in total. The van der Waals surface area contributed by atoms with Crippen LogP contribution in [-0.4, -0.2) is 15.0 Å². The summed E-state index contributed by atoms with van der Waals surface area (Å²) in [5, 5.41) is 12.1. The fourth-order valence-electron chi connectivity index (χ4n) is 8.59. The predicted molar refractivity (Wildman–Crippen MR) is 203 cm³/mol. The van der Waals surface area contributed by atoms with E-state index in [9.17, 15) is 5.26 Å². The van der Waals surface area contributed by atoms with Gasteiger partial charge in [0.05, 0.1) is 17.2 Å². The number of hydrogen-bond acceptors (Lipinski definition) is 5. The molecule has 2 aromatic heterocycles. The summed E-state index contributed by atoms with van der Waals surface area (Å²) in [7, 11) is 0. The van der Waals surface area contributed by atoms with Crippen LogP contribution in [0, 0.1) is 11.3 Å². The fraction of sp³-hybridized carbons (Fsp3) is 0.130. The van der Waals surface area contributed by atoms with Gasteiger partial charge < -0.3 is 4.42 Å². The Morgan fingerprint density at radius 1 is 0.529 bits per heavy atom. The second-order valence-corrected chi connectivity index (χ2v) is 13.8. The zero-order chi connectivity index (χ0) is 33.9. The van der Waals surface area contributed by atoms with Crippen LogP contribution in [0.25, 0.3) is 78.4 Å². The normalized spacial score (nSPS) is 14.4. The third-order valence-electron chi connectivity index (χ3n) is 11.0. The topological polar surface area (TPSA) is 75.6 Å². The highest BCUT2D eigenvalue weighted by atomic mass is 16.3. The molecule has 2 heterocycles. The zero-order valence-corrected chi connectivity index (χ0v) is 27.9. The Hall–Kier alpha value is -6.38. The van der Waals surface area contributed by atoms with E-state index < -0.39 is 0 Å². The van der Waals surface area contributed by atoms with Gasteiger partial charge in [0, 0.05) is 32.9 Å². The van der Waals surface area contributed by atoms with Crippen LogP contribution >= 0.6 is 0 Å². The van der Waals surface area contributed by atoms with E-state index in [-0.39, 0.29) is 5.41 Å². The lowest BCUT2D eigenvalue weighted by atomic mass is 9.67. The summed E-state index contributed by atoms with van der Waals surface area (Å²) in [6.45, 7) is 0. The quantitative estimate of drug-likeness (QED) is 0.188. The molecule has 2 aliphatic rings. The van der Waals surface area contributed by atoms with Gasteiger partial charge in [0.25, 0.3) is 0 Å². The molecule has 0 N–H and O–H groups in total. The third kappa shape index (κ3) is 4.64. The molecule has 6 aromatic carbocycles. The van der Waals surface area contributed by atoms with E-state index >= 15 is 0 Å². The number of furan rings is 1. The predicted octanol–water partition coefficient (Wildman–Crippen LogP) is 11.5. The van der Waals surface area contributed by atoms with Gasteiger partial charge in [0.1, 0.15) is 11.2 Å². The van der Waals surface area contributed by atoms with Gasteiger partial charge in [-0.15, -0.1) is 0 Å². The molecule has 1 saturated carbocycles. The maximum absolute atomic E-state index is 10.1. The van der Waals surface area contributed by atoms with Crippen LogP contribution in [0.1, 0.15) is 48.8 Å². The van der Waals surface area contributed by atoms with Crippen molar-refractivity contribution in [1.29, 1.82) is 5.26 Å². The molecule has 8 aromatic rings. The molecule has 5 heteroatoms. The highest BCUT2D eigenvalue weighted by Crippen LogP contribution is 2.57. The fourth-order valence-corrected chi connectivity index (χ4v) is 8.59. The lowest BCUT2D eigenvalue weighted by Gasteiger charge is -2.36. The molecular weight excluding hydrogens is 625 g/mol. The van der Waals surface area contributed by atoms with E-state index in [2.05, 4.69) is 66.7 Å². The van der Waals surface area contributed by atoms with E-state index in [0.717, 1.165) is 68.2 Å². The first-order valence-electron chi connectivity index (χ1n) is 17.7. The SMILES string of the molecule is N#Cc1cccc2c1-c1ccc(-c3ccc4oc5c(-c6nc(-c7ccccc7)nc(-c7ccccc7)n6)cccc5c4c3)cc1C21CCCCC1. The number of nitriles is 1. The van der Waals surface area contributed by atoms with Gasteiger partial charge in [-0.1, -0.05) is 122 Å². The molecule has 0 amide bonds. The maximum atomic E-state index is 10.1. The Labute approximate surface area is 295 Å². The Morgan fingerprint density at radius 2 is 1.20 bits per heavy atom. The minimum atomic E-state index is -0.0329. The van der Waals surface area contributed by atoms with E-state index in [1.54, 1.807) is 0 Å². The standard InChI is InChI=1S/C46H32N4O/c47-28-33-16-10-19-38-41(33)35-22-20-32(27-39(35)46(38)24-8-3-9-25-46)31-21-23-40-37(26-31)34-17-11-18-36(42(34)51-40)45-49-43(29-12-4-1-5-13-29)48-44(50-45)30-14-6-2-7-15-30/h1-2,4-7,10-23,26-27H,3,8-9,24-25H2. The summed E-state index contributed by atoms with van der Waals surface area (Å²) in [6.07, 6.45) is 5.91. The van der Waals surface area contributed by atoms with Crippen LogP contribution in [0.15, 0.2) is 138 Å². The van der Waals surface area contributed by atoms with Crippen LogP contribution in [0.5, 0.6) is 0 Å². The highest BCUT2D eigenvalue weighted by molar-refractivity contribution is 6.10. The molecule has 0 aliphatic heterocycles. The summed E-state index contributed by atoms with van der Waals surface area (Å²) in [5.74, 6) is 1.80. The van der Waals surface area contributed by atoms with Crippen molar-refractivity contribution in [3.8, 4) is 62.5 Å². The Balaban J connectivity index is 1.11. The second-order valence-electron chi connectivity index (χ2n) is 13.8. The number of benzene rings is 6. The van der Waals surface area contributed by atoms with Gasteiger partial charge in [-0.25, -0.2) is 15.0 Å². The van der Waals surface area contributed by atoms with Crippen molar-refractivity contribution < 1.29 is 4.42 Å². The number of fused-ring (bicyclic) bond motifs is 8. The number of para-hydroxylation sites is 1. The zero-order valence-electron chi connectivity index (χ0n) is 27.9. The molecule has 0 bridgehead atoms. The largest absolute Gasteiger partial charge is 0.455 e. The van der Waals surface area contributed by atoms with Crippen molar-refractivity contribution >= 4 is 21.9 Å². The van der Waals surface area contributed by atoms with Crippen molar-refractivity contribution in [2.45, 2.75) is 37.5 Å². The summed E-state index contributed by atoms with van der Waals surface area (Å²) in [5.41, 5.74) is 12.4. The molecule has 1 fully saturated rings. The molecular formula is C46H32N4O. The maximum Gasteiger partial charge on any atom is 0.167 e. The van der Waals surface area contributed by atoms with Crippen LogP contribution in [0.2, 0.25) is 0 Å². The van der Waals surface area contributed by atoms with Crippen LogP contribution in [0.4, 0.5) is 0 Å². The van der Waals surface area contributed by atoms with E-state index in [0.29, 0.717) is 17.5 Å². The van der Waals surface area contributed by atoms with Crippen molar-refractivity contribution in [2.24, 2.45) is 0 Å². The van der Waals surface area contributed by atoms with Gasteiger partial charge in [0.2, 0.25) is 0 Å². The smallest absolute Gasteiger partial charge is 0.167 e. The Bertz CT molecular complexity index is 2620. The van der Waals surface area contributed by atoms with Crippen molar-refractivity contribution in [1.82, 2.24) is 15.0 Å². The lowest BCUT2D eigenvalue weighted by molar-refractivity contribution is 0.353. The summed E-state index contributed by atoms with van der Waals surface area (Å²) in [6, 6.07) is 48.4. The van der Waals surface area contributed by atoms with E-state index in [4.69, 9.17) is 19.4 Å². The Morgan fingerprint density at radius 3 is 1.92 bits per heavy atom. The molecule has 242 valence electrons. The second kappa shape index (κ2) is 11.6. The molecule has 0 radical (unpaired) electrons. The van der Waals surface area contributed by atoms with E-state index in [1.807, 2.05) is 72.8 Å². The lowest BCUT2D eigenvalue weighted by Crippen LogP contribution is -2.28. The summed E-state index contributed by atoms with van der Waals surface area (Å²) >= 11 is 0. The number of nitrogens with zero attached hydrogens (tertiary/aromatic N) is 4. The molecule has 2 aliphatic carbocycles. The van der Waals surface area contributed by atoms with Crippen LogP contribution < -0.4 is 0 Å². The number of rotatable bonds is 4. The average Bonchev–Trinajstić information content (AvgIpc) is 3.71. The first-order chi connectivity index (χ1) is 25.2. The number of aromatic nitrogens is 3. The van der Waals surface area contributed by atoms with Crippen molar-refractivity contribution in [3.63, 3.8) is 0 Å².